The number of carbonyl (C=O) groups is 2. The van der Waals surface area contributed by atoms with Crippen molar-refractivity contribution in [1.29, 1.82) is 0 Å². The third-order valence-corrected chi connectivity index (χ3v) is 4.14. The summed E-state index contributed by atoms with van der Waals surface area (Å²) in [5.41, 5.74) is 4.03. The van der Waals surface area contributed by atoms with Gasteiger partial charge in [-0.15, -0.1) is 0 Å². The molecule has 0 fully saturated rings. The van der Waals surface area contributed by atoms with Gasteiger partial charge < -0.3 is 19.5 Å². The summed E-state index contributed by atoms with van der Waals surface area (Å²) < 4.78 is 9.80. The van der Waals surface area contributed by atoms with Gasteiger partial charge in [-0.25, -0.2) is 10.2 Å². The van der Waals surface area contributed by atoms with Crippen molar-refractivity contribution in [3.63, 3.8) is 0 Å². The summed E-state index contributed by atoms with van der Waals surface area (Å²) in [6.07, 6.45) is 2.35. The first-order valence-corrected chi connectivity index (χ1v) is 9.03. The molecule has 11 nitrogen and oxygen atoms in total. The summed E-state index contributed by atoms with van der Waals surface area (Å²) in [6, 6.07) is 9.12. The number of para-hydroxylation sites is 1. The number of H-pyrrole nitrogens is 1. The Morgan fingerprint density at radius 2 is 2.13 bits per heavy atom. The summed E-state index contributed by atoms with van der Waals surface area (Å²) in [4.78, 5) is 37.5. The third-order valence-electron chi connectivity index (χ3n) is 4.14. The Balaban J connectivity index is 1.71. The van der Waals surface area contributed by atoms with Crippen LogP contribution in [0.4, 0.5) is 10.7 Å². The number of nitro groups is 1. The van der Waals surface area contributed by atoms with E-state index in [-0.39, 0.29) is 18.8 Å². The van der Waals surface area contributed by atoms with Crippen LogP contribution >= 0.6 is 0 Å². The van der Waals surface area contributed by atoms with Gasteiger partial charge in [-0.1, -0.05) is 18.2 Å². The molecule has 1 aromatic carbocycles. The van der Waals surface area contributed by atoms with Crippen LogP contribution in [0.5, 0.6) is 0 Å². The zero-order valence-corrected chi connectivity index (χ0v) is 16.0. The molecule has 0 unspecified atom stereocenters. The van der Waals surface area contributed by atoms with Gasteiger partial charge in [0.25, 0.3) is 5.91 Å². The van der Waals surface area contributed by atoms with Crippen molar-refractivity contribution in [2.75, 3.05) is 6.61 Å². The van der Waals surface area contributed by atoms with Gasteiger partial charge in [0, 0.05) is 23.5 Å². The molecule has 0 radical (unpaired) electrons. The molecule has 0 aliphatic rings. The maximum absolute atomic E-state index is 12.6. The van der Waals surface area contributed by atoms with Crippen molar-refractivity contribution in [2.24, 2.45) is 5.10 Å². The summed E-state index contributed by atoms with van der Waals surface area (Å²) in [7, 11) is 0. The fraction of sp³-hybridized carbons (Fsp3) is 0.211. The highest BCUT2D eigenvalue weighted by Gasteiger charge is 2.23. The number of ether oxygens (including phenoxy) is 1. The van der Waals surface area contributed by atoms with E-state index >= 15 is 0 Å². The van der Waals surface area contributed by atoms with Crippen molar-refractivity contribution < 1.29 is 23.7 Å². The molecule has 3 N–H and O–H groups in total. The number of nitrogens with zero attached hydrogens (tertiary/aromatic N) is 2. The Bertz CT molecular complexity index is 1090. The third kappa shape index (κ3) is 5.01. The van der Waals surface area contributed by atoms with Crippen molar-refractivity contribution in [3.05, 3.63) is 64.0 Å². The molecule has 0 saturated carbocycles. The van der Waals surface area contributed by atoms with Gasteiger partial charge in [-0.3, -0.25) is 14.9 Å². The van der Waals surface area contributed by atoms with Crippen LogP contribution in [0, 0.1) is 10.1 Å². The molecule has 0 bridgehead atoms. The smallest absolute Gasteiger partial charge is 0.433 e. The van der Waals surface area contributed by atoms with Crippen LogP contribution < -0.4 is 10.7 Å². The molecule has 0 spiro atoms. The number of nitrogens with one attached hydrogen (secondary N) is 3. The molecule has 3 rings (SSSR count). The number of aromatic amines is 1. The van der Waals surface area contributed by atoms with E-state index in [9.17, 15) is 19.7 Å². The molecule has 2 amide bonds. The number of alkyl carbamates (subject to hydrolysis) is 1. The van der Waals surface area contributed by atoms with Crippen LogP contribution in [0.25, 0.3) is 10.9 Å². The second-order valence-corrected chi connectivity index (χ2v) is 6.15. The molecule has 156 valence electrons. The van der Waals surface area contributed by atoms with Gasteiger partial charge in [0.05, 0.1) is 18.9 Å². The lowest BCUT2D eigenvalue weighted by molar-refractivity contribution is -0.402. The Kier molecular flexibility index (Phi) is 6.42. The lowest BCUT2D eigenvalue weighted by Crippen LogP contribution is -2.47. The van der Waals surface area contributed by atoms with Crippen LogP contribution in [-0.2, 0) is 16.0 Å². The first-order valence-electron chi connectivity index (χ1n) is 9.03. The maximum atomic E-state index is 12.6. The van der Waals surface area contributed by atoms with E-state index in [1.807, 2.05) is 24.3 Å². The number of hydrogen-bond acceptors (Lipinski definition) is 7. The fourth-order valence-corrected chi connectivity index (χ4v) is 2.79. The normalized spacial score (nSPS) is 12.0. The molecule has 1 atom stereocenters. The second-order valence-electron chi connectivity index (χ2n) is 6.15. The number of furan rings is 1. The van der Waals surface area contributed by atoms with Crippen LogP contribution in [0.15, 0.2) is 52.1 Å². The number of hydrazone groups is 1. The van der Waals surface area contributed by atoms with E-state index in [1.54, 1.807) is 13.1 Å². The Hall–Kier alpha value is -4.15. The molecule has 0 aliphatic heterocycles. The lowest BCUT2D eigenvalue weighted by Gasteiger charge is -2.16. The number of carbonyl (C=O) groups excluding carboxylic acids is 2. The van der Waals surface area contributed by atoms with E-state index in [1.165, 1.54) is 12.1 Å². The average Bonchev–Trinajstić information content (AvgIpc) is 3.35. The molecular weight excluding hydrogens is 394 g/mol. The lowest BCUT2D eigenvalue weighted by atomic mass is 10.0. The van der Waals surface area contributed by atoms with Crippen molar-refractivity contribution in [3.8, 4) is 0 Å². The predicted molar refractivity (Wildman–Crippen MR) is 107 cm³/mol. The van der Waals surface area contributed by atoms with Crippen molar-refractivity contribution in [1.82, 2.24) is 15.7 Å². The van der Waals surface area contributed by atoms with Gasteiger partial charge >= 0.3 is 12.0 Å². The second kappa shape index (κ2) is 9.37. The molecule has 3 aromatic rings. The van der Waals surface area contributed by atoms with Gasteiger partial charge in [0.15, 0.2) is 5.76 Å². The van der Waals surface area contributed by atoms with Gasteiger partial charge in [-0.2, -0.15) is 5.10 Å². The van der Waals surface area contributed by atoms with Crippen LogP contribution in [0.3, 0.4) is 0 Å². The Labute approximate surface area is 170 Å². The minimum atomic E-state index is -0.966. The number of aromatic nitrogens is 1. The minimum absolute atomic E-state index is 0.0912. The monoisotopic (exact) mass is 413 g/mol. The maximum Gasteiger partial charge on any atom is 0.433 e. The zero-order valence-electron chi connectivity index (χ0n) is 16.0. The van der Waals surface area contributed by atoms with E-state index in [4.69, 9.17) is 9.15 Å². The first kappa shape index (κ1) is 20.6. The van der Waals surface area contributed by atoms with Gasteiger partial charge in [-0.05, 0) is 24.6 Å². The molecule has 0 saturated heterocycles. The summed E-state index contributed by atoms with van der Waals surface area (Å²) in [5.74, 6) is -0.942. The molecule has 2 heterocycles. The average molecular weight is 413 g/mol. The fourth-order valence-electron chi connectivity index (χ4n) is 2.79. The molecule has 11 heteroatoms. The summed E-state index contributed by atoms with van der Waals surface area (Å²) >= 11 is 0. The van der Waals surface area contributed by atoms with Gasteiger partial charge in [0.1, 0.15) is 11.0 Å². The number of fused-ring (bicyclic) bond motifs is 1. The molecule has 0 aliphatic carbocycles. The number of benzene rings is 1. The quantitative estimate of drug-likeness (QED) is 0.293. The SMILES string of the molecule is CCOC(=O)N[C@H](Cc1c[nH]c2ccccc12)C(=O)N/N=C\c1ccc([N+](=O)[O-])o1. The van der Waals surface area contributed by atoms with Crippen molar-refractivity contribution >= 4 is 35.0 Å². The highest BCUT2D eigenvalue weighted by atomic mass is 16.6. The number of amides is 2. The van der Waals surface area contributed by atoms with Crippen LogP contribution in [0.1, 0.15) is 18.2 Å². The molecular formula is C19H19N5O6. The van der Waals surface area contributed by atoms with E-state index in [0.29, 0.717) is 0 Å². The first-order chi connectivity index (χ1) is 14.5. The number of rotatable bonds is 8. The standard InChI is InChI=1S/C19H19N5O6/c1-2-29-19(26)22-16(9-12-10-20-15-6-4-3-5-14(12)15)18(25)23-21-11-13-7-8-17(30-13)24(27)28/h3-8,10-11,16,20H,2,9H2,1H3,(H,22,26)(H,23,25)/b21-11-/t16-/m1/s1. The van der Waals surface area contributed by atoms with E-state index < -0.39 is 28.8 Å². The summed E-state index contributed by atoms with van der Waals surface area (Å²) in [5, 5.41) is 17.8. The minimum Gasteiger partial charge on any atom is -0.450 e. The molecule has 2 aromatic heterocycles. The topological polar surface area (TPSA) is 152 Å². The van der Waals surface area contributed by atoms with Crippen molar-refractivity contribution in [2.45, 2.75) is 19.4 Å². The van der Waals surface area contributed by atoms with Crippen LogP contribution in [0.2, 0.25) is 0 Å². The molecule has 30 heavy (non-hydrogen) atoms. The Morgan fingerprint density at radius 1 is 1.33 bits per heavy atom. The zero-order chi connectivity index (χ0) is 21.5. The van der Waals surface area contributed by atoms with E-state index in [0.717, 1.165) is 22.7 Å². The van der Waals surface area contributed by atoms with E-state index in [2.05, 4.69) is 20.8 Å². The van der Waals surface area contributed by atoms with Gasteiger partial charge in [0.2, 0.25) is 0 Å². The van der Waals surface area contributed by atoms with Crippen LogP contribution in [-0.4, -0.2) is 40.8 Å². The highest BCUT2D eigenvalue weighted by Crippen LogP contribution is 2.19. The highest BCUT2D eigenvalue weighted by molar-refractivity contribution is 5.89. The predicted octanol–water partition coefficient (Wildman–Crippen LogP) is 2.48. The largest absolute Gasteiger partial charge is 0.450 e. The Morgan fingerprint density at radius 3 is 2.87 bits per heavy atom. The number of hydrogen-bond donors (Lipinski definition) is 3. The summed E-state index contributed by atoms with van der Waals surface area (Å²) in [6.45, 7) is 1.81.